The van der Waals surface area contributed by atoms with Crippen LogP contribution in [0.4, 0.5) is 5.00 Å². The van der Waals surface area contributed by atoms with E-state index >= 15 is 0 Å². The first-order valence-electron chi connectivity index (χ1n) is 8.08. The van der Waals surface area contributed by atoms with Gasteiger partial charge in [0.25, 0.3) is 5.91 Å². The molecular formula is C19H18N2O4S. The number of ether oxygens (including phenoxy) is 1. The van der Waals surface area contributed by atoms with Gasteiger partial charge in [-0.3, -0.25) is 4.79 Å². The predicted molar refractivity (Wildman–Crippen MR) is 99.6 cm³/mol. The van der Waals surface area contributed by atoms with Crippen LogP contribution in [0.3, 0.4) is 0 Å². The van der Waals surface area contributed by atoms with Crippen LogP contribution >= 0.6 is 11.3 Å². The van der Waals surface area contributed by atoms with Crippen LogP contribution in [-0.2, 0) is 4.74 Å². The molecule has 134 valence electrons. The molecule has 0 atom stereocenters. The SMILES string of the molecule is CCOC(=O)c1c(NC(=O)c2ccc(-c3cnco3)cc2)sc(C)c1C. The van der Waals surface area contributed by atoms with Crippen molar-refractivity contribution in [3.05, 3.63) is 58.4 Å². The van der Waals surface area contributed by atoms with Crippen LogP contribution in [0.2, 0.25) is 0 Å². The summed E-state index contributed by atoms with van der Waals surface area (Å²) in [4.78, 5) is 29.6. The van der Waals surface area contributed by atoms with Crippen molar-refractivity contribution in [3.8, 4) is 11.3 Å². The fraction of sp³-hybridized carbons (Fsp3) is 0.211. The summed E-state index contributed by atoms with van der Waals surface area (Å²) in [5, 5.41) is 3.33. The van der Waals surface area contributed by atoms with E-state index in [1.165, 1.54) is 17.7 Å². The first-order chi connectivity index (χ1) is 12.5. The van der Waals surface area contributed by atoms with Crippen LogP contribution in [0.5, 0.6) is 0 Å². The van der Waals surface area contributed by atoms with E-state index in [4.69, 9.17) is 9.15 Å². The number of rotatable bonds is 5. The zero-order valence-corrected chi connectivity index (χ0v) is 15.5. The minimum atomic E-state index is -0.426. The maximum Gasteiger partial charge on any atom is 0.341 e. The molecule has 1 aromatic carbocycles. The minimum absolute atomic E-state index is 0.281. The van der Waals surface area contributed by atoms with Crippen LogP contribution < -0.4 is 5.32 Å². The summed E-state index contributed by atoms with van der Waals surface area (Å²) in [6.07, 6.45) is 2.96. The Morgan fingerprint density at radius 2 is 1.96 bits per heavy atom. The Morgan fingerprint density at radius 1 is 1.23 bits per heavy atom. The summed E-state index contributed by atoms with van der Waals surface area (Å²) in [6.45, 7) is 5.79. The molecule has 2 heterocycles. The highest BCUT2D eigenvalue weighted by atomic mass is 32.1. The normalized spacial score (nSPS) is 10.6. The molecule has 1 N–H and O–H groups in total. The van der Waals surface area contributed by atoms with Crippen molar-refractivity contribution in [1.29, 1.82) is 0 Å². The number of aromatic nitrogens is 1. The number of amides is 1. The van der Waals surface area contributed by atoms with Gasteiger partial charge in [-0.05, 0) is 38.5 Å². The minimum Gasteiger partial charge on any atom is -0.462 e. The maximum atomic E-state index is 12.6. The molecule has 0 spiro atoms. The fourth-order valence-electron chi connectivity index (χ4n) is 2.48. The highest BCUT2D eigenvalue weighted by Gasteiger charge is 2.22. The van der Waals surface area contributed by atoms with Crippen molar-refractivity contribution in [1.82, 2.24) is 4.98 Å². The standard InChI is InChI=1S/C19H18N2O4S/c1-4-24-19(23)16-11(2)12(3)26-18(16)21-17(22)14-7-5-13(6-8-14)15-9-20-10-25-15/h5-10H,4H2,1-3H3,(H,21,22). The monoisotopic (exact) mass is 370 g/mol. The molecule has 0 bridgehead atoms. The predicted octanol–water partition coefficient (Wildman–Crippen LogP) is 4.45. The van der Waals surface area contributed by atoms with Crippen molar-refractivity contribution < 1.29 is 18.7 Å². The second kappa shape index (κ2) is 7.53. The van der Waals surface area contributed by atoms with Gasteiger partial charge in [-0.25, -0.2) is 9.78 Å². The van der Waals surface area contributed by atoms with Gasteiger partial charge in [0.05, 0.1) is 18.4 Å². The number of aryl methyl sites for hydroxylation is 1. The van der Waals surface area contributed by atoms with E-state index < -0.39 is 5.97 Å². The maximum absolute atomic E-state index is 12.6. The number of carbonyl (C=O) groups excluding carboxylic acids is 2. The Hall–Kier alpha value is -2.93. The Labute approximate surface area is 154 Å². The van der Waals surface area contributed by atoms with Gasteiger partial charge in [0.15, 0.2) is 12.2 Å². The molecule has 2 aromatic heterocycles. The lowest BCUT2D eigenvalue weighted by Crippen LogP contribution is -2.14. The third-order valence-electron chi connectivity index (χ3n) is 3.96. The number of anilines is 1. The molecule has 0 saturated heterocycles. The molecule has 0 aliphatic rings. The molecule has 0 aliphatic carbocycles. The van der Waals surface area contributed by atoms with Gasteiger partial charge in [-0.1, -0.05) is 12.1 Å². The average molecular weight is 370 g/mol. The summed E-state index contributed by atoms with van der Waals surface area (Å²) in [5.41, 5.74) is 2.55. The van der Waals surface area contributed by atoms with Gasteiger partial charge in [0.1, 0.15) is 5.00 Å². The van der Waals surface area contributed by atoms with Gasteiger partial charge < -0.3 is 14.5 Å². The summed E-state index contributed by atoms with van der Waals surface area (Å²) >= 11 is 1.36. The Balaban J connectivity index is 1.82. The lowest BCUT2D eigenvalue weighted by Gasteiger charge is -2.07. The van der Waals surface area contributed by atoms with Gasteiger partial charge in [0.2, 0.25) is 0 Å². The van der Waals surface area contributed by atoms with Gasteiger partial charge in [-0.15, -0.1) is 11.3 Å². The number of nitrogens with one attached hydrogen (secondary N) is 1. The van der Waals surface area contributed by atoms with Crippen LogP contribution in [0.25, 0.3) is 11.3 Å². The van der Waals surface area contributed by atoms with E-state index in [9.17, 15) is 9.59 Å². The number of esters is 1. The first-order valence-corrected chi connectivity index (χ1v) is 8.90. The highest BCUT2D eigenvalue weighted by Crippen LogP contribution is 2.33. The van der Waals surface area contributed by atoms with Crippen LogP contribution in [-0.4, -0.2) is 23.5 Å². The third kappa shape index (κ3) is 3.52. The summed E-state index contributed by atoms with van der Waals surface area (Å²) in [5.74, 6) is -0.0858. The van der Waals surface area contributed by atoms with Crippen molar-refractivity contribution in [2.75, 3.05) is 11.9 Å². The molecular weight excluding hydrogens is 352 g/mol. The Kier molecular flexibility index (Phi) is 5.18. The zero-order valence-electron chi connectivity index (χ0n) is 14.7. The van der Waals surface area contributed by atoms with Crippen LogP contribution in [0.1, 0.15) is 38.1 Å². The van der Waals surface area contributed by atoms with Gasteiger partial charge >= 0.3 is 5.97 Å². The third-order valence-corrected chi connectivity index (χ3v) is 5.08. The summed E-state index contributed by atoms with van der Waals surface area (Å²) in [6, 6.07) is 6.97. The van der Waals surface area contributed by atoms with Crippen LogP contribution in [0.15, 0.2) is 41.3 Å². The molecule has 3 aromatic rings. The van der Waals surface area contributed by atoms with Crippen molar-refractivity contribution in [2.24, 2.45) is 0 Å². The lowest BCUT2D eigenvalue weighted by atomic mass is 10.1. The molecule has 26 heavy (non-hydrogen) atoms. The van der Waals surface area contributed by atoms with E-state index in [1.807, 2.05) is 13.8 Å². The number of nitrogens with zero attached hydrogens (tertiary/aromatic N) is 1. The first kappa shape index (κ1) is 17.9. The molecule has 0 radical (unpaired) electrons. The van der Waals surface area contributed by atoms with Crippen molar-refractivity contribution in [3.63, 3.8) is 0 Å². The lowest BCUT2D eigenvalue weighted by molar-refractivity contribution is 0.0527. The van der Waals surface area contributed by atoms with Crippen molar-refractivity contribution >= 4 is 28.2 Å². The van der Waals surface area contributed by atoms with Crippen molar-refractivity contribution in [2.45, 2.75) is 20.8 Å². The molecule has 1 amide bonds. The topological polar surface area (TPSA) is 81.4 Å². The van der Waals surface area contributed by atoms with E-state index in [1.54, 1.807) is 37.4 Å². The molecule has 6 nitrogen and oxygen atoms in total. The van der Waals surface area contributed by atoms with E-state index in [-0.39, 0.29) is 12.5 Å². The van der Waals surface area contributed by atoms with E-state index in [0.717, 1.165) is 16.0 Å². The van der Waals surface area contributed by atoms with Gasteiger partial charge in [-0.2, -0.15) is 0 Å². The molecule has 7 heteroatoms. The number of thiophene rings is 1. The average Bonchev–Trinajstić information content (AvgIpc) is 3.24. The number of hydrogen-bond acceptors (Lipinski definition) is 6. The number of hydrogen-bond donors (Lipinski definition) is 1. The van der Waals surface area contributed by atoms with Gasteiger partial charge in [0, 0.05) is 16.0 Å². The summed E-state index contributed by atoms with van der Waals surface area (Å²) < 4.78 is 10.3. The quantitative estimate of drug-likeness (QED) is 0.671. The Morgan fingerprint density at radius 3 is 2.58 bits per heavy atom. The number of benzene rings is 1. The second-order valence-electron chi connectivity index (χ2n) is 5.60. The molecule has 3 rings (SSSR count). The summed E-state index contributed by atoms with van der Waals surface area (Å²) in [7, 11) is 0. The largest absolute Gasteiger partial charge is 0.462 e. The Bertz CT molecular complexity index is 927. The molecule has 0 aliphatic heterocycles. The molecule has 0 saturated carbocycles. The van der Waals surface area contributed by atoms with E-state index in [0.29, 0.717) is 21.9 Å². The smallest absolute Gasteiger partial charge is 0.341 e. The number of oxazole rings is 1. The fourth-order valence-corrected chi connectivity index (χ4v) is 3.53. The van der Waals surface area contributed by atoms with E-state index in [2.05, 4.69) is 10.3 Å². The molecule has 0 fully saturated rings. The zero-order chi connectivity index (χ0) is 18.7. The second-order valence-corrected chi connectivity index (χ2v) is 6.83. The number of carbonyl (C=O) groups is 2. The van der Waals surface area contributed by atoms with Crippen LogP contribution in [0, 0.1) is 13.8 Å². The highest BCUT2D eigenvalue weighted by molar-refractivity contribution is 7.16. The molecule has 0 unspecified atom stereocenters.